The molecule has 0 aliphatic carbocycles. The summed E-state index contributed by atoms with van der Waals surface area (Å²) in [7, 11) is 0. The van der Waals surface area contributed by atoms with Crippen molar-refractivity contribution >= 4 is 5.78 Å². The summed E-state index contributed by atoms with van der Waals surface area (Å²) in [4.78, 5) is 15.8. The fourth-order valence-electron chi connectivity index (χ4n) is 4.80. The van der Waals surface area contributed by atoms with Gasteiger partial charge in [-0.15, -0.1) is 0 Å². The number of carbonyl (C=O) groups is 1. The molecule has 3 atom stereocenters. The number of fused-ring (bicyclic) bond motifs is 3. The van der Waals surface area contributed by atoms with Gasteiger partial charge in [0.1, 0.15) is 0 Å². The average molecular weight is 319 g/mol. The lowest BCUT2D eigenvalue weighted by molar-refractivity contribution is -0.148. The highest BCUT2D eigenvalue weighted by Gasteiger charge is 2.53. The number of rotatable bonds is 3. The SMILES string of the molecule is CC1(C)CN2CCC1C(=O)C2C(c1ccccc1)c1ccccc1. The molecule has 0 amide bonds. The first-order valence-corrected chi connectivity index (χ1v) is 8.95. The Morgan fingerprint density at radius 1 is 0.958 bits per heavy atom. The van der Waals surface area contributed by atoms with E-state index in [1.54, 1.807) is 0 Å². The molecular formula is C22H25NO. The van der Waals surface area contributed by atoms with Crippen LogP contribution in [0.5, 0.6) is 0 Å². The Morgan fingerprint density at radius 3 is 1.96 bits per heavy atom. The van der Waals surface area contributed by atoms with Crippen LogP contribution in [-0.4, -0.2) is 29.8 Å². The standard InChI is InChI=1S/C22H25NO/c1-22(2)15-23-14-13-18(22)21(24)20(23)19(16-9-5-3-6-10-16)17-11-7-4-8-12-17/h3-12,18-20H,13-15H2,1-2H3. The van der Waals surface area contributed by atoms with Crippen LogP contribution in [0.25, 0.3) is 0 Å². The molecule has 0 aromatic heterocycles. The van der Waals surface area contributed by atoms with Gasteiger partial charge >= 0.3 is 0 Å². The molecule has 0 radical (unpaired) electrons. The molecule has 2 heteroatoms. The van der Waals surface area contributed by atoms with E-state index in [4.69, 9.17) is 0 Å². The predicted octanol–water partition coefficient (Wildman–Crippen LogP) is 4.12. The third-order valence-corrected chi connectivity index (χ3v) is 5.92. The second-order valence-corrected chi connectivity index (χ2v) is 7.95. The van der Waals surface area contributed by atoms with Gasteiger partial charge in [0.2, 0.25) is 0 Å². The molecule has 0 spiro atoms. The Balaban J connectivity index is 1.79. The van der Waals surface area contributed by atoms with E-state index >= 15 is 0 Å². The van der Waals surface area contributed by atoms with Crippen LogP contribution in [0.1, 0.15) is 37.3 Å². The first-order valence-electron chi connectivity index (χ1n) is 8.95. The van der Waals surface area contributed by atoms with Crippen LogP contribution in [0, 0.1) is 11.3 Å². The Hall–Kier alpha value is -1.93. The highest BCUT2D eigenvalue weighted by molar-refractivity contribution is 5.90. The van der Waals surface area contributed by atoms with Crippen molar-refractivity contribution in [3.05, 3.63) is 71.8 Å². The maximum absolute atomic E-state index is 13.3. The molecule has 5 rings (SSSR count). The van der Waals surface area contributed by atoms with Gasteiger partial charge in [-0.05, 0) is 29.5 Å². The van der Waals surface area contributed by atoms with E-state index in [0.29, 0.717) is 5.78 Å². The average Bonchev–Trinajstić information content (AvgIpc) is 2.59. The van der Waals surface area contributed by atoms with Crippen molar-refractivity contribution in [2.24, 2.45) is 11.3 Å². The number of Topliss-reactive ketones (excluding diaryl/α,β-unsaturated/α-hetero) is 1. The Bertz CT molecular complexity index is 683. The summed E-state index contributed by atoms with van der Waals surface area (Å²) in [6, 6.07) is 21.0. The van der Waals surface area contributed by atoms with Crippen molar-refractivity contribution in [1.29, 1.82) is 0 Å². The molecule has 3 aliphatic heterocycles. The second kappa shape index (κ2) is 5.86. The molecule has 2 aromatic carbocycles. The van der Waals surface area contributed by atoms with Crippen molar-refractivity contribution in [2.75, 3.05) is 13.1 Å². The van der Waals surface area contributed by atoms with Crippen molar-refractivity contribution in [3.8, 4) is 0 Å². The lowest BCUT2D eigenvalue weighted by atomic mass is 9.63. The third-order valence-electron chi connectivity index (χ3n) is 5.92. The van der Waals surface area contributed by atoms with Crippen molar-refractivity contribution in [1.82, 2.24) is 4.90 Å². The quantitative estimate of drug-likeness (QED) is 0.848. The van der Waals surface area contributed by atoms with Crippen molar-refractivity contribution < 1.29 is 4.79 Å². The number of benzene rings is 2. The third kappa shape index (κ3) is 2.50. The topological polar surface area (TPSA) is 20.3 Å². The van der Waals surface area contributed by atoms with Crippen LogP contribution in [0.3, 0.4) is 0 Å². The summed E-state index contributed by atoms with van der Waals surface area (Å²) >= 11 is 0. The molecule has 3 heterocycles. The van der Waals surface area contributed by atoms with E-state index in [9.17, 15) is 4.79 Å². The predicted molar refractivity (Wildman–Crippen MR) is 97.0 cm³/mol. The molecule has 24 heavy (non-hydrogen) atoms. The zero-order valence-electron chi connectivity index (χ0n) is 14.5. The van der Waals surface area contributed by atoms with Gasteiger partial charge in [0.25, 0.3) is 0 Å². The Morgan fingerprint density at radius 2 is 1.50 bits per heavy atom. The van der Waals surface area contributed by atoms with E-state index in [2.05, 4.69) is 67.3 Å². The van der Waals surface area contributed by atoms with Crippen LogP contribution in [0.4, 0.5) is 0 Å². The van der Waals surface area contributed by atoms with Crippen LogP contribution in [0.15, 0.2) is 60.7 Å². The summed E-state index contributed by atoms with van der Waals surface area (Å²) < 4.78 is 0. The molecule has 124 valence electrons. The Labute approximate surface area is 144 Å². The van der Waals surface area contributed by atoms with E-state index < -0.39 is 0 Å². The minimum Gasteiger partial charge on any atom is -0.298 e. The molecular weight excluding hydrogens is 294 g/mol. The molecule has 3 unspecified atom stereocenters. The largest absolute Gasteiger partial charge is 0.298 e. The van der Waals surface area contributed by atoms with E-state index in [1.165, 1.54) is 11.1 Å². The minimum absolute atomic E-state index is 0.0263. The monoisotopic (exact) mass is 319 g/mol. The molecule has 2 aromatic rings. The zero-order valence-corrected chi connectivity index (χ0v) is 14.5. The fourth-order valence-corrected chi connectivity index (χ4v) is 4.80. The second-order valence-electron chi connectivity index (χ2n) is 7.95. The molecule has 0 saturated carbocycles. The van der Waals surface area contributed by atoms with Crippen LogP contribution >= 0.6 is 0 Å². The van der Waals surface area contributed by atoms with Gasteiger partial charge in [0, 0.05) is 18.4 Å². The first kappa shape index (κ1) is 15.6. The van der Waals surface area contributed by atoms with Gasteiger partial charge in [-0.2, -0.15) is 0 Å². The van der Waals surface area contributed by atoms with Crippen molar-refractivity contribution in [3.63, 3.8) is 0 Å². The smallest absolute Gasteiger partial charge is 0.154 e. The molecule has 2 nitrogen and oxygen atoms in total. The molecule has 3 aliphatic rings. The number of piperidine rings is 3. The summed E-state index contributed by atoms with van der Waals surface area (Å²) in [6.45, 7) is 6.56. The maximum Gasteiger partial charge on any atom is 0.154 e. The number of nitrogens with zero attached hydrogens (tertiary/aromatic N) is 1. The summed E-state index contributed by atoms with van der Waals surface area (Å²) in [5.41, 5.74) is 2.59. The number of ketones is 1. The Kier molecular flexibility index (Phi) is 3.80. The summed E-state index contributed by atoms with van der Waals surface area (Å²) in [6.07, 6.45) is 1.01. The minimum atomic E-state index is -0.0263. The number of hydrogen-bond acceptors (Lipinski definition) is 2. The molecule has 2 bridgehead atoms. The van der Waals surface area contributed by atoms with E-state index in [1.807, 2.05) is 12.1 Å². The fraction of sp³-hybridized carbons (Fsp3) is 0.409. The van der Waals surface area contributed by atoms with Crippen LogP contribution in [0.2, 0.25) is 0 Å². The van der Waals surface area contributed by atoms with Gasteiger partial charge in [-0.25, -0.2) is 0 Å². The highest BCUT2D eigenvalue weighted by Crippen LogP contribution is 2.46. The van der Waals surface area contributed by atoms with E-state index in [0.717, 1.165) is 19.5 Å². The normalized spacial score (nSPS) is 28.3. The lowest BCUT2D eigenvalue weighted by Gasteiger charge is -2.54. The number of hydrogen-bond donors (Lipinski definition) is 0. The zero-order chi connectivity index (χ0) is 16.7. The van der Waals surface area contributed by atoms with Gasteiger partial charge in [0.15, 0.2) is 5.78 Å². The number of carbonyl (C=O) groups excluding carboxylic acids is 1. The lowest BCUT2D eigenvalue weighted by Crippen LogP contribution is -2.64. The van der Waals surface area contributed by atoms with Gasteiger partial charge < -0.3 is 0 Å². The molecule has 3 fully saturated rings. The molecule has 0 N–H and O–H groups in total. The van der Waals surface area contributed by atoms with Gasteiger partial charge in [-0.1, -0.05) is 74.5 Å². The van der Waals surface area contributed by atoms with Gasteiger partial charge in [-0.3, -0.25) is 9.69 Å². The van der Waals surface area contributed by atoms with Crippen LogP contribution < -0.4 is 0 Å². The molecule has 3 saturated heterocycles. The van der Waals surface area contributed by atoms with E-state index in [-0.39, 0.29) is 23.3 Å². The summed E-state index contributed by atoms with van der Waals surface area (Å²) in [5.74, 6) is 0.761. The van der Waals surface area contributed by atoms with Crippen molar-refractivity contribution in [2.45, 2.75) is 32.2 Å². The maximum atomic E-state index is 13.3. The highest BCUT2D eigenvalue weighted by atomic mass is 16.1. The van der Waals surface area contributed by atoms with Crippen LogP contribution in [-0.2, 0) is 4.79 Å². The first-order chi connectivity index (χ1) is 11.6. The summed E-state index contributed by atoms with van der Waals surface area (Å²) in [5, 5.41) is 0. The van der Waals surface area contributed by atoms with Gasteiger partial charge in [0.05, 0.1) is 6.04 Å².